The SMILES string of the molecule is CCCC1CC1NC(=NC)NCc1ccc(CN2CCCC2)cc1.I. The first-order valence-corrected chi connectivity index (χ1v) is 9.56. The largest absolute Gasteiger partial charge is 0.353 e. The van der Waals surface area contributed by atoms with Gasteiger partial charge in [0.05, 0.1) is 0 Å². The van der Waals surface area contributed by atoms with E-state index in [-0.39, 0.29) is 24.0 Å². The first-order valence-electron chi connectivity index (χ1n) is 9.56. The normalized spacial score (nSPS) is 23.2. The zero-order valence-corrected chi connectivity index (χ0v) is 18.0. The summed E-state index contributed by atoms with van der Waals surface area (Å²) in [6.45, 7) is 6.69. The highest BCUT2D eigenvalue weighted by atomic mass is 127. The molecule has 0 aromatic heterocycles. The fourth-order valence-corrected chi connectivity index (χ4v) is 3.63. The molecule has 1 aliphatic heterocycles. The van der Waals surface area contributed by atoms with Crippen molar-refractivity contribution >= 4 is 29.9 Å². The van der Waals surface area contributed by atoms with Crippen molar-refractivity contribution in [1.29, 1.82) is 0 Å². The van der Waals surface area contributed by atoms with Gasteiger partial charge in [0.25, 0.3) is 0 Å². The number of aliphatic imine (C=N–C) groups is 1. The molecular formula is C20H33IN4. The minimum atomic E-state index is 0. The lowest BCUT2D eigenvalue weighted by molar-refractivity contribution is 0.331. The summed E-state index contributed by atoms with van der Waals surface area (Å²) in [6, 6.07) is 9.64. The summed E-state index contributed by atoms with van der Waals surface area (Å²) in [5, 5.41) is 6.98. The Morgan fingerprint density at radius 2 is 1.84 bits per heavy atom. The molecule has 1 aromatic carbocycles. The Kier molecular flexibility index (Phi) is 8.49. The fourth-order valence-electron chi connectivity index (χ4n) is 3.63. The van der Waals surface area contributed by atoms with Crippen molar-refractivity contribution in [2.75, 3.05) is 20.1 Å². The van der Waals surface area contributed by atoms with Gasteiger partial charge in [0.1, 0.15) is 0 Å². The van der Waals surface area contributed by atoms with E-state index in [1.807, 2.05) is 7.05 Å². The summed E-state index contributed by atoms with van der Waals surface area (Å²) >= 11 is 0. The summed E-state index contributed by atoms with van der Waals surface area (Å²) < 4.78 is 0. The van der Waals surface area contributed by atoms with Crippen LogP contribution in [0.4, 0.5) is 0 Å². The Morgan fingerprint density at radius 3 is 2.48 bits per heavy atom. The molecule has 2 unspecified atom stereocenters. The summed E-state index contributed by atoms with van der Waals surface area (Å²) in [4.78, 5) is 6.89. The number of rotatable bonds is 7. The number of nitrogens with zero attached hydrogens (tertiary/aromatic N) is 2. The lowest BCUT2D eigenvalue weighted by Crippen LogP contribution is -2.38. The maximum absolute atomic E-state index is 4.35. The second-order valence-electron chi connectivity index (χ2n) is 7.26. The van der Waals surface area contributed by atoms with Gasteiger partial charge in [-0.15, -0.1) is 24.0 Å². The molecule has 1 aliphatic carbocycles. The van der Waals surface area contributed by atoms with Gasteiger partial charge in [0.15, 0.2) is 5.96 Å². The van der Waals surface area contributed by atoms with Crippen molar-refractivity contribution in [1.82, 2.24) is 15.5 Å². The minimum Gasteiger partial charge on any atom is -0.353 e. The Balaban J connectivity index is 0.00000225. The number of benzene rings is 1. The van der Waals surface area contributed by atoms with Gasteiger partial charge in [-0.05, 0) is 55.8 Å². The number of likely N-dealkylation sites (tertiary alicyclic amines) is 1. The molecule has 2 atom stereocenters. The molecule has 5 heteroatoms. The average molecular weight is 456 g/mol. The van der Waals surface area contributed by atoms with Crippen LogP contribution in [0.15, 0.2) is 29.3 Å². The molecule has 0 radical (unpaired) electrons. The van der Waals surface area contributed by atoms with E-state index in [9.17, 15) is 0 Å². The molecule has 0 amide bonds. The van der Waals surface area contributed by atoms with Gasteiger partial charge in [-0.3, -0.25) is 9.89 Å². The van der Waals surface area contributed by atoms with Crippen LogP contribution in [0.1, 0.15) is 50.2 Å². The third kappa shape index (κ3) is 6.44. The van der Waals surface area contributed by atoms with Crippen LogP contribution in [0.5, 0.6) is 0 Å². The molecular weight excluding hydrogens is 423 g/mol. The van der Waals surface area contributed by atoms with Gasteiger partial charge in [-0.25, -0.2) is 0 Å². The van der Waals surface area contributed by atoms with E-state index >= 15 is 0 Å². The van der Waals surface area contributed by atoms with Crippen molar-refractivity contribution in [3.63, 3.8) is 0 Å². The second kappa shape index (κ2) is 10.4. The van der Waals surface area contributed by atoms with Crippen molar-refractivity contribution < 1.29 is 0 Å². The van der Waals surface area contributed by atoms with Gasteiger partial charge in [-0.2, -0.15) is 0 Å². The fraction of sp³-hybridized carbons (Fsp3) is 0.650. The molecule has 0 spiro atoms. The summed E-state index contributed by atoms with van der Waals surface area (Å²) in [6.07, 6.45) is 6.61. The highest BCUT2D eigenvalue weighted by Crippen LogP contribution is 2.34. The molecule has 3 rings (SSSR count). The molecule has 1 saturated carbocycles. The van der Waals surface area contributed by atoms with Crippen LogP contribution in [0.2, 0.25) is 0 Å². The van der Waals surface area contributed by atoms with Gasteiger partial charge >= 0.3 is 0 Å². The van der Waals surface area contributed by atoms with Crippen molar-refractivity contribution in [2.45, 2.75) is 58.2 Å². The topological polar surface area (TPSA) is 39.7 Å². The molecule has 1 aromatic rings. The van der Waals surface area contributed by atoms with Crippen LogP contribution in [-0.4, -0.2) is 37.0 Å². The van der Waals surface area contributed by atoms with Crippen molar-refractivity contribution in [2.24, 2.45) is 10.9 Å². The Bertz CT molecular complexity index is 537. The minimum absolute atomic E-state index is 0. The molecule has 0 bridgehead atoms. The predicted octanol–water partition coefficient (Wildman–Crippen LogP) is 3.75. The van der Waals surface area contributed by atoms with Crippen LogP contribution in [-0.2, 0) is 13.1 Å². The molecule has 1 heterocycles. The third-order valence-electron chi connectivity index (χ3n) is 5.22. The van der Waals surface area contributed by atoms with Crippen molar-refractivity contribution in [3.05, 3.63) is 35.4 Å². The Morgan fingerprint density at radius 1 is 1.16 bits per heavy atom. The zero-order valence-electron chi connectivity index (χ0n) is 15.6. The average Bonchev–Trinajstić information content (AvgIpc) is 3.11. The summed E-state index contributed by atoms with van der Waals surface area (Å²) in [5.41, 5.74) is 2.73. The lowest BCUT2D eigenvalue weighted by Gasteiger charge is -2.15. The quantitative estimate of drug-likeness (QED) is 0.373. The lowest BCUT2D eigenvalue weighted by atomic mass is 10.1. The van der Waals surface area contributed by atoms with E-state index in [4.69, 9.17) is 0 Å². The highest BCUT2D eigenvalue weighted by Gasteiger charge is 2.36. The van der Waals surface area contributed by atoms with Crippen LogP contribution in [0.25, 0.3) is 0 Å². The summed E-state index contributed by atoms with van der Waals surface area (Å²) in [7, 11) is 1.85. The molecule has 2 fully saturated rings. The monoisotopic (exact) mass is 456 g/mol. The van der Waals surface area contributed by atoms with Gasteiger partial charge < -0.3 is 10.6 Å². The van der Waals surface area contributed by atoms with E-state index in [0.29, 0.717) is 6.04 Å². The zero-order chi connectivity index (χ0) is 16.8. The molecule has 2 N–H and O–H groups in total. The van der Waals surface area contributed by atoms with Crippen LogP contribution >= 0.6 is 24.0 Å². The number of nitrogens with one attached hydrogen (secondary N) is 2. The molecule has 140 valence electrons. The number of halogens is 1. The highest BCUT2D eigenvalue weighted by molar-refractivity contribution is 14.0. The van der Waals surface area contributed by atoms with Crippen LogP contribution in [0, 0.1) is 5.92 Å². The first kappa shape index (κ1) is 20.5. The summed E-state index contributed by atoms with van der Waals surface area (Å²) in [5.74, 6) is 1.78. The van der Waals surface area contributed by atoms with Crippen LogP contribution in [0.3, 0.4) is 0 Å². The van der Waals surface area contributed by atoms with E-state index in [0.717, 1.165) is 25.0 Å². The van der Waals surface area contributed by atoms with Gasteiger partial charge in [0.2, 0.25) is 0 Å². The Labute approximate surface area is 169 Å². The maximum Gasteiger partial charge on any atom is 0.191 e. The number of hydrogen-bond donors (Lipinski definition) is 2. The van der Waals surface area contributed by atoms with Gasteiger partial charge in [0, 0.05) is 26.2 Å². The standard InChI is InChI=1S/C20H32N4.HI/c1-3-6-18-13-19(18)23-20(21-2)22-14-16-7-9-17(10-8-16)15-24-11-4-5-12-24;/h7-10,18-19H,3-6,11-15H2,1-2H3,(H2,21,22,23);1H. The Hall–Kier alpha value is -0.820. The molecule has 25 heavy (non-hydrogen) atoms. The van der Waals surface area contributed by atoms with Crippen molar-refractivity contribution in [3.8, 4) is 0 Å². The molecule has 1 saturated heterocycles. The molecule has 2 aliphatic rings. The molecule has 4 nitrogen and oxygen atoms in total. The smallest absolute Gasteiger partial charge is 0.191 e. The van der Waals surface area contributed by atoms with Crippen LogP contribution < -0.4 is 10.6 Å². The third-order valence-corrected chi connectivity index (χ3v) is 5.22. The number of guanidine groups is 1. The maximum atomic E-state index is 4.35. The second-order valence-corrected chi connectivity index (χ2v) is 7.26. The van der Waals surface area contributed by atoms with E-state index in [2.05, 4.69) is 51.7 Å². The van der Waals surface area contributed by atoms with E-state index in [1.165, 1.54) is 56.3 Å². The van der Waals surface area contributed by atoms with E-state index < -0.39 is 0 Å². The number of hydrogen-bond acceptors (Lipinski definition) is 2. The first-order chi connectivity index (χ1) is 11.8. The van der Waals surface area contributed by atoms with E-state index in [1.54, 1.807) is 0 Å². The predicted molar refractivity (Wildman–Crippen MR) is 117 cm³/mol. The van der Waals surface area contributed by atoms with Gasteiger partial charge in [-0.1, -0.05) is 37.6 Å².